The van der Waals surface area contributed by atoms with Crippen LogP contribution >= 0.6 is 0 Å². The Bertz CT molecular complexity index is 447. The fraction of sp³-hybridized carbons (Fsp3) is 0.824. The van der Waals surface area contributed by atoms with Crippen LogP contribution in [0, 0.1) is 11.8 Å². The molecule has 21 heavy (non-hydrogen) atoms. The second kappa shape index (κ2) is 5.54. The summed E-state index contributed by atoms with van der Waals surface area (Å²) >= 11 is 0. The number of rotatable bonds is 2. The smallest absolute Gasteiger partial charge is 0.306 e. The van der Waals surface area contributed by atoms with E-state index in [0.717, 1.165) is 6.42 Å². The summed E-state index contributed by atoms with van der Waals surface area (Å²) in [5, 5.41) is 0.157. The average Bonchev–Trinajstić information content (AvgIpc) is 2.31. The molecule has 0 aromatic rings. The molecule has 1 aliphatic carbocycles. The summed E-state index contributed by atoms with van der Waals surface area (Å²) in [6.07, 6.45) is 3.68. The quantitative estimate of drug-likeness (QED) is 0.433. The molecule has 0 amide bonds. The first kappa shape index (κ1) is 16.8. The molecule has 1 saturated heterocycles. The minimum absolute atomic E-state index is 0.0589. The van der Waals surface area contributed by atoms with Crippen LogP contribution in [0.3, 0.4) is 0 Å². The van der Waals surface area contributed by atoms with Gasteiger partial charge in [-0.25, -0.2) is 0 Å². The van der Waals surface area contributed by atoms with Gasteiger partial charge in [0.2, 0.25) is 0 Å². The normalized spacial score (nSPS) is 34.0. The largest absolute Gasteiger partial charge is 0.459 e. The van der Waals surface area contributed by atoms with Gasteiger partial charge in [-0.2, -0.15) is 0 Å². The van der Waals surface area contributed by atoms with Crippen molar-refractivity contribution >= 4 is 14.3 Å². The molecule has 0 radical (unpaired) electrons. The Labute approximate surface area is 130 Å². The molecular weight excluding hydrogens is 280 g/mol. The minimum Gasteiger partial charge on any atom is -0.459 e. The lowest BCUT2D eigenvalue weighted by atomic mass is 9.75. The summed E-state index contributed by atoms with van der Waals surface area (Å²) in [6.45, 7) is 15.5. The van der Waals surface area contributed by atoms with E-state index in [-0.39, 0.29) is 23.2 Å². The van der Waals surface area contributed by atoms with Crippen LogP contribution in [-0.4, -0.2) is 26.5 Å². The van der Waals surface area contributed by atoms with Crippen LogP contribution in [0.15, 0.2) is 11.6 Å². The van der Waals surface area contributed by atoms with Crippen molar-refractivity contribution in [2.45, 2.75) is 77.8 Å². The van der Waals surface area contributed by atoms with E-state index in [2.05, 4.69) is 53.8 Å². The molecule has 0 bridgehead atoms. The SMILES string of the molecule is CC1=CC[C@H]2[C@@H](OC(=O)C[C@@H]2C)[C@@H]1O[Si](C)(C)C(C)(C)C. The first-order valence-electron chi connectivity index (χ1n) is 8.07. The highest BCUT2D eigenvalue weighted by atomic mass is 28.4. The molecule has 0 aromatic heterocycles. The maximum atomic E-state index is 11.9. The van der Waals surface area contributed by atoms with Crippen molar-refractivity contribution in [3.05, 3.63) is 11.6 Å². The molecule has 1 aliphatic heterocycles. The molecule has 0 N–H and O–H groups in total. The Hall–Kier alpha value is -0.613. The lowest BCUT2D eigenvalue weighted by Crippen LogP contribution is -2.54. The van der Waals surface area contributed by atoms with Crippen LogP contribution in [0.2, 0.25) is 18.1 Å². The molecule has 2 aliphatic rings. The van der Waals surface area contributed by atoms with Crippen molar-refractivity contribution in [1.29, 1.82) is 0 Å². The molecule has 0 aromatic carbocycles. The third kappa shape index (κ3) is 3.26. The van der Waals surface area contributed by atoms with E-state index >= 15 is 0 Å². The van der Waals surface area contributed by atoms with E-state index in [1.54, 1.807) is 0 Å². The predicted molar refractivity (Wildman–Crippen MR) is 87.6 cm³/mol. The second-order valence-corrected chi connectivity index (χ2v) is 13.0. The fourth-order valence-corrected chi connectivity index (χ4v) is 4.34. The standard InChI is InChI=1S/C17H30O3Si/c1-11-8-9-13-12(2)10-14(18)19-16(13)15(11)20-21(6,7)17(3,4)5/h8,12-13,15-16H,9-10H2,1-7H3/t12-,13+,15+,16+/m0/s1. The lowest BCUT2D eigenvalue weighted by Gasteiger charge is -2.47. The summed E-state index contributed by atoms with van der Waals surface area (Å²) in [5.74, 6) is 0.717. The van der Waals surface area contributed by atoms with Crippen molar-refractivity contribution in [3.8, 4) is 0 Å². The van der Waals surface area contributed by atoms with Gasteiger partial charge in [-0.3, -0.25) is 4.79 Å². The van der Waals surface area contributed by atoms with Gasteiger partial charge in [-0.15, -0.1) is 0 Å². The van der Waals surface area contributed by atoms with E-state index in [1.165, 1.54) is 5.57 Å². The predicted octanol–water partition coefficient (Wildman–Crippen LogP) is 4.29. The molecule has 2 rings (SSSR count). The molecule has 1 heterocycles. The average molecular weight is 311 g/mol. The topological polar surface area (TPSA) is 35.5 Å². The minimum atomic E-state index is -1.89. The molecule has 3 nitrogen and oxygen atoms in total. The van der Waals surface area contributed by atoms with Crippen molar-refractivity contribution in [1.82, 2.24) is 0 Å². The van der Waals surface area contributed by atoms with Gasteiger partial charge in [0.25, 0.3) is 0 Å². The summed E-state index contributed by atoms with van der Waals surface area (Å²) in [4.78, 5) is 11.9. The fourth-order valence-electron chi connectivity index (χ4n) is 3.03. The molecule has 0 unspecified atom stereocenters. The third-order valence-electron chi connectivity index (χ3n) is 5.60. The van der Waals surface area contributed by atoms with Crippen molar-refractivity contribution in [2.24, 2.45) is 11.8 Å². The van der Waals surface area contributed by atoms with Crippen molar-refractivity contribution in [2.75, 3.05) is 0 Å². The number of ether oxygens (including phenoxy) is 1. The third-order valence-corrected chi connectivity index (χ3v) is 10.1. The van der Waals surface area contributed by atoms with Crippen LogP contribution in [0.1, 0.15) is 47.5 Å². The number of hydrogen-bond acceptors (Lipinski definition) is 3. The van der Waals surface area contributed by atoms with Crippen LogP contribution in [0.4, 0.5) is 0 Å². The van der Waals surface area contributed by atoms with Crippen molar-refractivity contribution in [3.63, 3.8) is 0 Å². The second-order valence-electron chi connectivity index (χ2n) is 8.28. The van der Waals surface area contributed by atoms with Gasteiger partial charge >= 0.3 is 5.97 Å². The van der Waals surface area contributed by atoms with Gasteiger partial charge in [-0.1, -0.05) is 33.8 Å². The van der Waals surface area contributed by atoms with Crippen LogP contribution in [0.25, 0.3) is 0 Å². The highest BCUT2D eigenvalue weighted by Gasteiger charge is 2.47. The molecule has 4 heteroatoms. The lowest BCUT2D eigenvalue weighted by molar-refractivity contribution is -0.170. The van der Waals surface area contributed by atoms with Gasteiger partial charge in [-0.05, 0) is 43.0 Å². The Morgan fingerprint density at radius 3 is 2.52 bits per heavy atom. The maximum absolute atomic E-state index is 11.9. The molecular formula is C17H30O3Si. The molecule has 4 atom stereocenters. The van der Waals surface area contributed by atoms with Crippen LogP contribution in [0.5, 0.6) is 0 Å². The maximum Gasteiger partial charge on any atom is 0.306 e. The van der Waals surface area contributed by atoms with E-state index in [0.29, 0.717) is 18.3 Å². The highest BCUT2D eigenvalue weighted by molar-refractivity contribution is 6.74. The monoisotopic (exact) mass is 310 g/mol. The van der Waals surface area contributed by atoms with Gasteiger partial charge in [0, 0.05) is 12.3 Å². The Kier molecular flexibility index (Phi) is 4.42. The Morgan fingerprint density at radius 2 is 1.95 bits per heavy atom. The number of hydrogen-bond donors (Lipinski definition) is 0. The highest BCUT2D eigenvalue weighted by Crippen LogP contribution is 2.43. The van der Waals surface area contributed by atoms with E-state index in [4.69, 9.17) is 9.16 Å². The first-order chi connectivity index (χ1) is 9.53. The summed E-state index contributed by atoms with van der Waals surface area (Å²) in [6, 6.07) is 0. The van der Waals surface area contributed by atoms with Gasteiger partial charge in [0.15, 0.2) is 8.32 Å². The van der Waals surface area contributed by atoms with E-state index in [1.807, 2.05) is 0 Å². The molecule has 120 valence electrons. The van der Waals surface area contributed by atoms with Gasteiger partial charge in [0.05, 0.1) is 0 Å². The molecule has 0 spiro atoms. The summed E-state index contributed by atoms with van der Waals surface area (Å²) < 4.78 is 12.3. The van der Waals surface area contributed by atoms with E-state index in [9.17, 15) is 4.79 Å². The van der Waals surface area contributed by atoms with Gasteiger partial charge in [0.1, 0.15) is 12.2 Å². The van der Waals surface area contributed by atoms with Crippen LogP contribution < -0.4 is 0 Å². The number of fused-ring (bicyclic) bond motifs is 1. The Morgan fingerprint density at radius 1 is 1.33 bits per heavy atom. The van der Waals surface area contributed by atoms with Crippen molar-refractivity contribution < 1.29 is 14.0 Å². The Balaban J connectivity index is 2.26. The molecule has 1 fully saturated rings. The molecule has 0 saturated carbocycles. The van der Waals surface area contributed by atoms with Crippen LogP contribution in [-0.2, 0) is 14.0 Å². The van der Waals surface area contributed by atoms with E-state index < -0.39 is 8.32 Å². The zero-order valence-electron chi connectivity index (χ0n) is 14.5. The zero-order valence-corrected chi connectivity index (χ0v) is 15.5. The first-order valence-corrected chi connectivity index (χ1v) is 11.0. The zero-order chi connectivity index (χ0) is 16.0. The number of allylic oxidation sites excluding steroid dienone is 1. The van der Waals surface area contributed by atoms with Gasteiger partial charge < -0.3 is 9.16 Å². The number of carbonyl (C=O) groups excluding carboxylic acids is 1. The number of esters is 1. The summed E-state index contributed by atoms with van der Waals surface area (Å²) in [5.41, 5.74) is 1.22. The summed E-state index contributed by atoms with van der Waals surface area (Å²) in [7, 11) is -1.89. The number of carbonyl (C=O) groups is 1.